The van der Waals surface area contributed by atoms with Crippen LogP contribution in [0.3, 0.4) is 0 Å². The van der Waals surface area contributed by atoms with Gasteiger partial charge in [-0.2, -0.15) is 0 Å². The van der Waals surface area contributed by atoms with E-state index in [0.29, 0.717) is 0 Å². The first-order valence-electron chi connectivity index (χ1n) is 11.5. The van der Waals surface area contributed by atoms with E-state index < -0.39 is 0 Å². The van der Waals surface area contributed by atoms with Crippen LogP contribution in [0, 0.1) is 5.92 Å². The summed E-state index contributed by atoms with van der Waals surface area (Å²) in [5.74, 6) is 0.895. The fourth-order valence-electron chi connectivity index (χ4n) is 4.79. The van der Waals surface area contributed by atoms with E-state index in [2.05, 4.69) is 114 Å². The molecule has 1 nitrogen and oxygen atoms in total. The summed E-state index contributed by atoms with van der Waals surface area (Å²) in [4.78, 5) is 2.30. The second-order valence-corrected chi connectivity index (χ2v) is 8.60. The van der Waals surface area contributed by atoms with Crippen molar-refractivity contribution in [1.29, 1.82) is 0 Å². The summed E-state index contributed by atoms with van der Waals surface area (Å²) in [5.41, 5.74) is 7.52. The number of para-hydroxylation sites is 2. The van der Waals surface area contributed by atoms with Crippen molar-refractivity contribution in [2.45, 2.75) is 32.1 Å². The predicted octanol–water partition coefficient (Wildman–Crippen LogP) is 8.56. The minimum absolute atomic E-state index is 0.895. The fraction of sp³-hybridized carbons (Fsp3) is 0.200. The smallest absolute Gasteiger partial charge is 0.0462 e. The van der Waals surface area contributed by atoms with Crippen LogP contribution in [0.1, 0.15) is 31.2 Å². The van der Waals surface area contributed by atoms with Gasteiger partial charge in [-0.15, -0.1) is 0 Å². The molecular weight excluding hydrogens is 374 g/mol. The first kappa shape index (κ1) is 19.6. The van der Waals surface area contributed by atoms with Gasteiger partial charge in [0.25, 0.3) is 0 Å². The van der Waals surface area contributed by atoms with Gasteiger partial charge in [0.2, 0.25) is 0 Å². The molecule has 1 saturated carbocycles. The SMILES string of the molecule is c1ccc(N(c2ccccc2)c2ccc(-c3ccc(CC4CCCC4)cc3)cc2)cc1. The highest BCUT2D eigenvalue weighted by molar-refractivity contribution is 5.78. The van der Waals surface area contributed by atoms with E-state index in [1.165, 1.54) is 54.5 Å². The zero-order valence-corrected chi connectivity index (χ0v) is 18.0. The van der Waals surface area contributed by atoms with Gasteiger partial charge in [0.1, 0.15) is 0 Å². The largest absolute Gasteiger partial charge is 0.311 e. The fourth-order valence-corrected chi connectivity index (χ4v) is 4.79. The maximum atomic E-state index is 2.32. The molecule has 0 N–H and O–H groups in total. The Hall–Kier alpha value is -3.32. The van der Waals surface area contributed by atoms with E-state index in [-0.39, 0.29) is 0 Å². The lowest BCUT2D eigenvalue weighted by atomic mass is 9.96. The van der Waals surface area contributed by atoms with E-state index >= 15 is 0 Å². The van der Waals surface area contributed by atoms with Crippen LogP contribution >= 0.6 is 0 Å². The van der Waals surface area contributed by atoms with E-state index in [1.54, 1.807) is 0 Å². The maximum absolute atomic E-state index is 2.32. The Bertz CT molecular complexity index is 1040. The zero-order valence-electron chi connectivity index (χ0n) is 18.0. The summed E-state index contributed by atoms with van der Waals surface area (Å²) >= 11 is 0. The summed E-state index contributed by atoms with van der Waals surface area (Å²) in [6, 6.07) is 39.2. The third-order valence-corrected chi connectivity index (χ3v) is 6.44. The lowest BCUT2D eigenvalue weighted by Crippen LogP contribution is -2.09. The van der Waals surface area contributed by atoms with Crippen molar-refractivity contribution in [3.05, 3.63) is 115 Å². The van der Waals surface area contributed by atoms with E-state index in [1.807, 2.05) is 0 Å². The van der Waals surface area contributed by atoms with Crippen LogP contribution in [0.2, 0.25) is 0 Å². The molecular formula is C30H29N. The molecule has 0 bridgehead atoms. The molecule has 0 amide bonds. The maximum Gasteiger partial charge on any atom is 0.0462 e. The molecule has 1 aliphatic carbocycles. The van der Waals surface area contributed by atoms with Crippen molar-refractivity contribution in [2.24, 2.45) is 5.92 Å². The number of nitrogens with zero attached hydrogens (tertiary/aromatic N) is 1. The zero-order chi connectivity index (χ0) is 20.9. The Labute approximate surface area is 186 Å². The Balaban J connectivity index is 1.39. The molecule has 0 spiro atoms. The average molecular weight is 404 g/mol. The van der Waals surface area contributed by atoms with Crippen LogP contribution in [0.5, 0.6) is 0 Å². The molecule has 4 aromatic carbocycles. The Morgan fingerprint density at radius 1 is 0.516 bits per heavy atom. The molecule has 0 saturated heterocycles. The van der Waals surface area contributed by atoms with E-state index in [0.717, 1.165) is 17.3 Å². The van der Waals surface area contributed by atoms with Gasteiger partial charge >= 0.3 is 0 Å². The quantitative estimate of drug-likeness (QED) is 0.312. The van der Waals surface area contributed by atoms with Gasteiger partial charge < -0.3 is 4.90 Å². The molecule has 0 aliphatic heterocycles. The highest BCUT2D eigenvalue weighted by Gasteiger charge is 2.15. The molecule has 0 radical (unpaired) electrons. The summed E-state index contributed by atoms with van der Waals surface area (Å²) in [7, 11) is 0. The summed E-state index contributed by atoms with van der Waals surface area (Å²) < 4.78 is 0. The highest BCUT2D eigenvalue weighted by atomic mass is 15.1. The van der Waals surface area contributed by atoms with Gasteiger partial charge in [0.05, 0.1) is 0 Å². The molecule has 0 heterocycles. The van der Waals surface area contributed by atoms with E-state index in [4.69, 9.17) is 0 Å². The van der Waals surface area contributed by atoms with Gasteiger partial charge in [0.15, 0.2) is 0 Å². The molecule has 0 atom stereocenters. The molecule has 1 heteroatoms. The Morgan fingerprint density at radius 2 is 0.968 bits per heavy atom. The summed E-state index contributed by atoms with van der Waals surface area (Å²) in [5, 5.41) is 0. The Kier molecular flexibility index (Phi) is 5.84. The molecule has 0 unspecified atom stereocenters. The van der Waals surface area contributed by atoms with Crippen molar-refractivity contribution in [2.75, 3.05) is 4.90 Å². The minimum Gasteiger partial charge on any atom is -0.311 e. The monoisotopic (exact) mass is 403 g/mol. The van der Waals surface area contributed by atoms with Crippen molar-refractivity contribution in [3.8, 4) is 11.1 Å². The van der Waals surface area contributed by atoms with Crippen LogP contribution in [-0.2, 0) is 6.42 Å². The highest BCUT2D eigenvalue weighted by Crippen LogP contribution is 2.35. The molecule has 31 heavy (non-hydrogen) atoms. The molecule has 1 fully saturated rings. The van der Waals surface area contributed by atoms with Crippen LogP contribution in [-0.4, -0.2) is 0 Å². The van der Waals surface area contributed by atoms with E-state index in [9.17, 15) is 0 Å². The number of anilines is 3. The third kappa shape index (κ3) is 4.56. The first-order valence-corrected chi connectivity index (χ1v) is 11.5. The lowest BCUT2D eigenvalue weighted by molar-refractivity contribution is 0.546. The van der Waals surface area contributed by atoms with Gasteiger partial charge in [-0.25, -0.2) is 0 Å². The topological polar surface area (TPSA) is 3.24 Å². The molecule has 1 aliphatic rings. The van der Waals surface area contributed by atoms with Gasteiger partial charge in [-0.05, 0) is 65.4 Å². The molecule has 4 aromatic rings. The minimum atomic E-state index is 0.895. The van der Waals surface area contributed by atoms with Crippen molar-refractivity contribution in [3.63, 3.8) is 0 Å². The number of hydrogen-bond donors (Lipinski definition) is 0. The lowest BCUT2D eigenvalue weighted by Gasteiger charge is -2.25. The van der Waals surface area contributed by atoms with Crippen molar-refractivity contribution < 1.29 is 0 Å². The van der Waals surface area contributed by atoms with Gasteiger partial charge in [-0.3, -0.25) is 0 Å². The second kappa shape index (κ2) is 9.22. The summed E-state index contributed by atoms with van der Waals surface area (Å²) in [6.45, 7) is 0. The first-order chi connectivity index (χ1) is 15.4. The number of hydrogen-bond acceptors (Lipinski definition) is 1. The normalized spacial score (nSPS) is 13.9. The van der Waals surface area contributed by atoms with Crippen LogP contribution < -0.4 is 4.90 Å². The molecule has 5 rings (SSSR count). The Morgan fingerprint density at radius 3 is 1.48 bits per heavy atom. The molecule has 0 aromatic heterocycles. The van der Waals surface area contributed by atoms with Crippen LogP contribution in [0.15, 0.2) is 109 Å². The van der Waals surface area contributed by atoms with Crippen molar-refractivity contribution in [1.82, 2.24) is 0 Å². The van der Waals surface area contributed by atoms with Crippen LogP contribution in [0.4, 0.5) is 17.1 Å². The standard InChI is InChI=1S/C30H29N/c1-3-11-28(12-4-1)31(29-13-5-2-6-14-29)30-21-19-27(20-22-30)26-17-15-25(16-18-26)23-24-9-7-8-10-24/h1-6,11-22,24H,7-10,23H2. The van der Waals surface area contributed by atoms with Gasteiger partial charge in [0, 0.05) is 17.1 Å². The average Bonchev–Trinajstić information content (AvgIpc) is 3.35. The number of rotatable bonds is 6. The molecule has 154 valence electrons. The third-order valence-electron chi connectivity index (χ3n) is 6.44. The van der Waals surface area contributed by atoms with Crippen molar-refractivity contribution >= 4 is 17.1 Å². The second-order valence-electron chi connectivity index (χ2n) is 8.60. The van der Waals surface area contributed by atoms with Gasteiger partial charge in [-0.1, -0.05) is 98.5 Å². The number of benzene rings is 4. The van der Waals surface area contributed by atoms with Crippen LogP contribution in [0.25, 0.3) is 11.1 Å². The predicted molar refractivity (Wildman–Crippen MR) is 132 cm³/mol. The summed E-state index contributed by atoms with van der Waals surface area (Å²) in [6.07, 6.45) is 6.88.